The number of benzene rings is 2. The second-order valence-corrected chi connectivity index (χ2v) is 5.60. The molecule has 0 bridgehead atoms. The average Bonchev–Trinajstić information content (AvgIpc) is 2.45. The summed E-state index contributed by atoms with van der Waals surface area (Å²) < 4.78 is 0. The van der Waals surface area contributed by atoms with Crippen molar-refractivity contribution in [1.82, 2.24) is 4.90 Å². The number of hydrogen-bond acceptors (Lipinski definition) is 2. The first kappa shape index (κ1) is 15.3. The highest BCUT2D eigenvalue weighted by Crippen LogP contribution is 2.17. The molecule has 3 nitrogen and oxygen atoms in total. The van der Waals surface area contributed by atoms with Crippen molar-refractivity contribution in [3.63, 3.8) is 0 Å². The number of nitrogens with one attached hydrogen (secondary N) is 1. The van der Waals surface area contributed by atoms with Gasteiger partial charge in [0.25, 0.3) is 0 Å². The van der Waals surface area contributed by atoms with Gasteiger partial charge in [-0.1, -0.05) is 60.2 Å². The third kappa shape index (κ3) is 4.43. The largest absolute Gasteiger partial charge is 0.387 e. The number of likely N-dealkylation sites (N-methyl/N-ethyl adjacent to an activating group) is 1. The molecule has 2 aromatic carbocycles. The Morgan fingerprint density at radius 1 is 1.14 bits per heavy atom. The fourth-order valence-electron chi connectivity index (χ4n) is 2.57. The number of hydrogen-bond donors (Lipinski definition) is 2. The number of nitrogens with zero attached hydrogens (tertiary/aromatic N) is 1. The van der Waals surface area contributed by atoms with Gasteiger partial charge in [0, 0.05) is 13.1 Å². The molecule has 0 aliphatic heterocycles. The zero-order valence-electron chi connectivity index (χ0n) is 12.7. The van der Waals surface area contributed by atoms with Crippen LogP contribution in [0.3, 0.4) is 0 Å². The van der Waals surface area contributed by atoms with Crippen molar-refractivity contribution in [3.05, 3.63) is 71.3 Å². The zero-order valence-corrected chi connectivity index (χ0v) is 12.7. The molecule has 3 heteroatoms. The molecule has 0 saturated carbocycles. The highest BCUT2D eigenvalue weighted by molar-refractivity contribution is 5.84. The molecular weight excluding hydrogens is 258 g/mol. The molecule has 0 amide bonds. The Bertz CT molecular complexity index is 592. The fraction of sp³-hybridized carbons (Fsp3) is 0.278. The summed E-state index contributed by atoms with van der Waals surface area (Å²) in [5.74, 6) is 0.165. The van der Waals surface area contributed by atoms with E-state index in [1.54, 1.807) is 0 Å². The molecule has 3 N–H and O–H groups in total. The topological polar surface area (TPSA) is 53.1 Å². The van der Waals surface area contributed by atoms with Crippen LogP contribution in [-0.4, -0.2) is 24.3 Å². The van der Waals surface area contributed by atoms with Gasteiger partial charge in [0.05, 0.1) is 11.8 Å². The number of amidine groups is 1. The van der Waals surface area contributed by atoms with Crippen molar-refractivity contribution < 1.29 is 0 Å². The summed E-state index contributed by atoms with van der Waals surface area (Å²) in [6, 6.07) is 18.6. The third-order valence-electron chi connectivity index (χ3n) is 3.61. The zero-order chi connectivity index (χ0) is 15.2. The van der Waals surface area contributed by atoms with Gasteiger partial charge >= 0.3 is 0 Å². The summed E-state index contributed by atoms with van der Waals surface area (Å²) in [5, 5.41) is 7.85. The van der Waals surface area contributed by atoms with E-state index in [-0.39, 0.29) is 11.8 Å². The first-order valence-corrected chi connectivity index (χ1v) is 7.19. The van der Waals surface area contributed by atoms with Crippen LogP contribution in [0.5, 0.6) is 0 Å². The van der Waals surface area contributed by atoms with Gasteiger partial charge in [0.15, 0.2) is 0 Å². The molecule has 0 aromatic heterocycles. The van der Waals surface area contributed by atoms with Crippen molar-refractivity contribution in [2.45, 2.75) is 19.4 Å². The highest BCUT2D eigenvalue weighted by atomic mass is 15.1. The smallest absolute Gasteiger partial charge is 0.0995 e. The summed E-state index contributed by atoms with van der Waals surface area (Å²) in [4.78, 5) is 2.22. The summed E-state index contributed by atoms with van der Waals surface area (Å²) in [6.07, 6.45) is 0. The molecule has 2 aromatic rings. The number of nitrogens with two attached hydrogens (primary N) is 1. The van der Waals surface area contributed by atoms with Crippen molar-refractivity contribution in [2.24, 2.45) is 5.73 Å². The van der Waals surface area contributed by atoms with Crippen LogP contribution in [0.15, 0.2) is 54.6 Å². The van der Waals surface area contributed by atoms with Gasteiger partial charge in [-0.2, -0.15) is 0 Å². The van der Waals surface area contributed by atoms with Crippen LogP contribution in [0.25, 0.3) is 0 Å². The quantitative estimate of drug-likeness (QED) is 0.631. The number of rotatable bonds is 6. The lowest BCUT2D eigenvalue weighted by Crippen LogP contribution is -2.32. The summed E-state index contributed by atoms with van der Waals surface area (Å²) in [5.41, 5.74) is 9.44. The van der Waals surface area contributed by atoms with Gasteiger partial charge in [0.1, 0.15) is 0 Å². The van der Waals surface area contributed by atoms with E-state index >= 15 is 0 Å². The second-order valence-electron chi connectivity index (χ2n) is 5.60. The molecule has 1 atom stereocenters. The Morgan fingerprint density at radius 3 is 2.48 bits per heavy atom. The van der Waals surface area contributed by atoms with Crippen LogP contribution in [0.1, 0.15) is 22.6 Å². The van der Waals surface area contributed by atoms with Crippen molar-refractivity contribution in [1.29, 1.82) is 5.41 Å². The molecule has 0 heterocycles. The van der Waals surface area contributed by atoms with E-state index in [2.05, 4.69) is 43.1 Å². The lowest BCUT2D eigenvalue weighted by molar-refractivity contribution is 0.322. The molecule has 0 radical (unpaired) electrons. The molecule has 1 unspecified atom stereocenters. The third-order valence-corrected chi connectivity index (χ3v) is 3.61. The molecule has 2 rings (SSSR count). The van der Waals surface area contributed by atoms with Gasteiger partial charge in [0.2, 0.25) is 0 Å². The minimum absolute atomic E-state index is 0.0546. The monoisotopic (exact) mass is 281 g/mol. The average molecular weight is 281 g/mol. The summed E-state index contributed by atoms with van der Waals surface area (Å²) >= 11 is 0. The Kier molecular flexibility index (Phi) is 5.12. The first-order chi connectivity index (χ1) is 10.1. The van der Waals surface area contributed by atoms with Crippen LogP contribution < -0.4 is 5.73 Å². The molecule has 0 aliphatic carbocycles. The van der Waals surface area contributed by atoms with E-state index < -0.39 is 0 Å². The highest BCUT2D eigenvalue weighted by Gasteiger charge is 2.17. The Hall–Kier alpha value is -2.13. The minimum Gasteiger partial charge on any atom is -0.387 e. The molecule has 0 fully saturated rings. The predicted molar refractivity (Wildman–Crippen MR) is 88.6 cm³/mol. The first-order valence-electron chi connectivity index (χ1n) is 7.19. The SMILES string of the molecule is Cc1cccc(CN(C)CC(C(=N)N)c2ccccc2)c1. The lowest BCUT2D eigenvalue weighted by atomic mass is 9.97. The maximum atomic E-state index is 7.85. The van der Waals surface area contributed by atoms with Gasteiger partial charge in [-0.25, -0.2) is 0 Å². The van der Waals surface area contributed by atoms with E-state index in [9.17, 15) is 0 Å². The fourth-order valence-corrected chi connectivity index (χ4v) is 2.57. The van der Waals surface area contributed by atoms with Gasteiger partial charge < -0.3 is 10.6 Å². The summed E-state index contributed by atoms with van der Waals surface area (Å²) in [7, 11) is 2.07. The van der Waals surface area contributed by atoms with Crippen molar-refractivity contribution in [3.8, 4) is 0 Å². The number of aryl methyl sites for hydroxylation is 1. The van der Waals surface area contributed by atoms with Crippen LogP contribution in [0.2, 0.25) is 0 Å². The standard InChI is InChI=1S/C18H23N3/c1-14-7-6-8-15(11-14)12-21(2)13-17(18(19)20)16-9-4-3-5-10-16/h3-11,17H,12-13H2,1-2H3,(H3,19,20). The van der Waals surface area contributed by atoms with Gasteiger partial charge in [-0.3, -0.25) is 5.41 Å². The lowest BCUT2D eigenvalue weighted by Gasteiger charge is -2.24. The second kappa shape index (κ2) is 7.04. The van der Waals surface area contributed by atoms with E-state index in [0.29, 0.717) is 0 Å². The normalized spacial score (nSPS) is 12.3. The molecule has 110 valence electrons. The van der Waals surface area contributed by atoms with Gasteiger partial charge in [-0.05, 0) is 25.1 Å². The van der Waals surface area contributed by atoms with E-state index in [1.807, 2.05) is 30.3 Å². The van der Waals surface area contributed by atoms with Crippen LogP contribution in [-0.2, 0) is 6.54 Å². The maximum absolute atomic E-state index is 7.85. The maximum Gasteiger partial charge on any atom is 0.0995 e. The van der Waals surface area contributed by atoms with E-state index in [0.717, 1.165) is 18.7 Å². The van der Waals surface area contributed by atoms with E-state index in [4.69, 9.17) is 11.1 Å². The summed E-state index contributed by atoms with van der Waals surface area (Å²) in [6.45, 7) is 3.71. The molecular formula is C18H23N3. The predicted octanol–water partition coefficient (Wildman–Crippen LogP) is 3.15. The van der Waals surface area contributed by atoms with Crippen LogP contribution in [0.4, 0.5) is 0 Å². The minimum atomic E-state index is -0.0546. The molecule has 21 heavy (non-hydrogen) atoms. The van der Waals surface area contributed by atoms with Crippen molar-refractivity contribution >= 4 is 5.84 Å². The molecule has 0 saturated heterocycles. The van der Waals surface area contributed by atoms with Crippen molar-refractivity contribution in [2.75, 3.05) is 13.6 Å². The Balaban J connectivity index is 2.05. The molecule has 0 aliphatic rings. The van der Waals surface area contributed by atoms with E-state index in [1.165, 1.54) is 11.1 Å². The Labute approximate surface area is 126 Å². The Morgan fingerprint density at radius 2 is 1.86 bits per heavy atom. The van der Waals surface area contributed by atoms with Crippen LogP contribution in [0, 0.1) is 12.3 Å². The van der Waals surface area contributed by atoms with Gasteiger partial charge in [-0.15, -0.1) is 0 Å². The van der Waals surface area contributed by atoms with Crippen LogP contribution >= 0.6 is 0 Å². The molecule has 0 spiro atoms.